The molecule has 4 bridgehead atoms. The summed E-state index contributed by atoms with van der Waals surface area (Å²) >= 11 is 0. The second-order valence-corrected chi connectivity index (χ2v) is 21.1. The monoisotopic (exact) mass is 1080 g/mol. The lowest BCUT2D eigenvalue weighted by Crippen LogP contribution is -2.71. The third kappa shape index (κ3) is 17.5. The van der Waals surface area contributed by atoms with E-state index in [1.165, 1.54) is 20.3 Å². The first-order chi connectivity index (χ1) is 36.9. The summed E-state index contributed by atoms with van der Waals surface area (Å²) < 4.78 is 23.1. The van der Waals surface area contributed by atoms with Crippen LogP contribution in [-0.4, -0.2) is 230 Å². The zero-order valence-electron chi connectivity index (χ0n) is 45.1. The van der Waals surface area contributed by atoms with Crippen LogP contribution in [0.3, 0.4) is 0 Å². The highest BCUT2D eigenvalue weighted by molar-refractivity contribution is 6.43. The summed E-state index contributed by atoms with van der Waals surface area (Å²) in [5.74, 6) is -1.13. The Hall–Kier alpha value is -5.47. The maximum atomic E-state index is 14.1. The molecule has 2 amide bonds. The number of ether oxygens (including phenoxy) is 4. The van der Waals surface area contributed by atoms with E-state index in [9.17, 15) is 49.8 Å². The van der Waals surface area contributed by atoms with Gasteiger partial charge in [-0.2, -0.15) is 0 Å². The second-order valence-electron chi connectivity index (χ2n) is 21.1. The Labute approximate surface area is 451 Å². The van der Waals surface area contributed by atoms with Gasteiger partial charge in [-0.25, -0.2) is 0 Å². The van der Waals surface area contributed by atoms with Crippen molar-refractivity contribution in [2.45, 2.75) is 70.0 Å². The van der Waals surface area contributed by atoms with Gasteiger partial charge in [-0.15, -0.1) is 0 Å². The van der Waals surface area contributed by atoms with E-state index in [-0.39, 0.29) is 68.7 Å². The van der Waals surface area contributed by atoms with E-state index in [4.69, 9.17) is 24.4 Å². The molecule has 4 saturated carbocycles. The molecule has 0 aromatic heterocycles. The van der Waals surface area contributed by atoms with Gasteiger partial charge in [0.25, 0.3) is 5.91 Å². The van der Waals surface area contributed by atoms with Crippen molar-refractivity contribution in [2.24, 2.45) is 23.7 Å². The number of nitrogens with one attached hydrogen (secondary N) is 5. The summed E-state index contributed by atoms with van der Waals surface area (Å²) in [6.45, 7) is 8.34. The molecule has 5 fully saturated rings. The third-order valence-electron chi connectivity index (χ3n) is 15.4. The standard InChI is InChI=1S/C54H83N9O14/c1-35(2)41-29-40(56-10-20-76-22-23-77-21-11-57-47(64)31-60-12-14-61(32-48(65)66)16-18-63(34-50(69)70)19-17-62(15-13-60)33-49(67)68)8-9-43(41)58-44(51-45(74-3)6-5-7-46(51)75-4)30-42(55)52(71)59-54(53(72)73)38-25-36-24-37(27-38)28-39(54)26-36/h5-9,29-30,35-39,48,53,55-56,58,65-66,72-73H,10-28,31-34H2,1-4H3,(H,57,64)(H,59,71)(H,67,68)(H,69,70)/b44-30-,55-42?. The molecular weight excluding hydrogens is 999 g/mol. The molecule has 1 saturated heterocycles. The number of β-amino-alcohol motifs (C(OH)–C–C–N with tert-alkyl or cyclic N) is 2. The summed E-state index contributed by atoms with van der Waals surface area (Å²) in [6, 6.07) is 11.2. The highest BCUT2D eigenvalue weighted by Crippen LogP contribution is 2.59. The largest absolute Gasteiger partial charge is 0.496 e. The van der Waals surface area contributed by atoms with Crippen molar-refractivity contribution in [1.29, 1.82) is 5.41 Å². The van der Waals surface area contributed by atoms with Gasteiger partial charge in [0.1, 0.15) is 17.2 Å². The molecule has 11 N–H and O–H groups in total. The van der Waals surface area contributed by atoms with Crippen LogP contribution < -0.4 is 30.7 Å². The van der Waals surface area contributed by atoms with Gasteiger partial charge < -0.3 is 70.9 Å². The molecule has 0 atom stereocenters. The van der Waals surface area contributed by atoms with Crippen molar-refractivity contribution in [3.63, 3.8) is 0 Å². The first-order valence-electron chi connectivity index (χ1n) is 26.8. The average Bonchev–Trinajstić information content (AvgIpc) is 3.42. The Morgan fingerprint density at radius 2 is 1.23 bits per heavy atom. The number of hydrogen-bond acceptors (Lipinski definition) is 19. The lowest BCUT2D eigenvalue weighted by atomic mass is 9.48. The fourth-order valence-electron chi connectivity index (χ4n) is 11.8. The number of aliphatic carboxylic acids is 2. The molecule has 0 unspecified atom stereocenters. The molecular formula is C54H83N9O14. The highest BCUT2D eigenvalue weighted by atomic mass is 16.5. The van der Waals surface area contributed by atoms with Crippen molar-refractivity contribution in [2.75, 3.05) is 143 Å². The summed E-state index contributed by atoms with van der Waals surface area (Å²) in [5.41, 5.74) is 1.81. The summed E-state index contributed by atoms with van der Waals surface area (Å²) in [7, 11) is 3.07. The van der Waals surface area contributed by atoms with Crippen LogP contribution in [0.1, 0.15) is 63.0 Å². The molecule has 2 aromatic carbocycles. The van der Waals surface area contributed by atoms with E-state index >= 15 is 0 Å². The molecule has 5 aliphatic rings. The van der Waals surface area contributed by atoms with Gasteiger partial charge in [0, 0.05) is 83.4 Å². The molecule has 4 aliphatic carbocycles. The summed E-state index contributed by atoms with van der Waals surface area (Å²) in [4.78, 5) is 57.3. The first-order valence-corrected chi connectivity index (χ1v) is 26.8. The summed E-state index contributed by atoms with van der Waals surface area (Å²) in [5, 5.41) is 81.9. The zero-order valence-corrected chi connectivity index (χ0v) is 45.1. The maximum Gasteiger partial charge on any atom is 0.317 e. The Balaban J connectivity index is 0.974. The van der Waals surface area contributed by atoms with E-state index in [1.807, 2.05) is 23.1 Å². The van der Waals surface area contributed by atoms with Crippen LogP contribution in [0.4, 0.5) is 11.4 Å². The Bertz CT molecular complexity index is 2270. The molecule has 7 rings (SSSR count). The molecule has 1 heterocycles. The molecule has 23 nitrogen and oxygen atoms in total. The number of anilines is 2. The first kappa shape index (κ1) is 60.8. The number of aliphatic hydroxyl groups is 4. The molecule has 0 radical (unpaired) electrons. The number of rotatable bonds is 28. The predicted molar refractivity (Wildman–Crippen MR) is 288 cm³/mol. The quantitative estimate of drug-likeness (QED) is 0.0324. The Kier molecular flexibility index (Phi) is 23.3. The van der Waals surface area contributed by atoms with Crippen molar-refractivity contribution < 1.29 is 68.8 Å². The van der Waals surface area contributed by atoms with Gasteiger partial charge in [-0.3, -0.25) is 44.2 Å². The van der Waals surface area contributed by atoms with Crippen molar-refractivity contribution in [3.05, 3.63) is 53.6 Å². The average molecular weight is 1080 g/mol. The van der Waals surface area contributed by atoms with Gasteiger partial charge in [0.05, 0.1) is 77.1 Å². The fraction of sp³-hybridized carbons (Fsp3) is 0.648. The van der Waals surface area contributed by atoms with Crippen LogP contribution in [0.15, 0.2) is 42.5 Å². The SMILES string of the molecule is COc1cccc(OC)c1/C(=C/C(=N)C(=O)NC1(C(O)O)C2CC3CC(C2)CC1C3)Nc1ccc(NCCOCCOCCNC(=O)CN2CCN(CC(=O)O)CCN(CC(=O)O)CCN(CC(O)O)CC2)cc1C(C)C. The van der Waals surface area contributed by atoms with Gasteiger partial charge in [0.15, 0.2) is 12.6 Å². The lowest BCUT2D eigenvalue weighted by Gasteiger charge is -2.61. The molecule has 1 aliphatic heterocycles. The number of carboxylic acids is 2. The van der Waals surface area contributed by atoms with Gasteiger partial charge in [-0.1, -0.05) is 19.9 Å². The van der Waals surface area contributed by atoms with Crippen LogP contribution in [0.25, 0.3) is 5.70 Å². The van der Waals surface area contributed by atoms with E-state index in [0.717, 1.165) is 49.0 Å². The zero-order chi connectivity index (χ0) is 55.6. The molecule has 2 aromatic rings. The van der Waals surface area contributed by atoms with Crippen molar-refractivity contribution in [1.82, 2.24) is 30.2 Å². The number of methoxy groups -OCH3 is 2. The van der Waals surface area contributed by atoms with Crippen molar-refractivity contribution >= 4 is 46.5 Å². The number of aliphatic hydroxyl groups excluding tert-OH is 2. The Morgan fingerprint density at radius 1 is 0.714 bits per heavy atom. The Morgan fingerprint density at radius 3 is 1.73 bits per heavy atom. The van der Waals surface area contributed by atoms with E-state index < -0.39 is 36.0 Å². The molecule has 0 spiro atoms. The second kappa shape index (κ2) is 29.5. The number of carbonyl (C=O) groups is 4. The minimum atomic E-state index is -1.76. The maximum absolute atomic E-state index is 14.1. The highest BCUT2D eigenvalue weighted by Gasteiger charge is 2.61. The minimum absolute atomic E-state index is 0.0266. The van der Waals surface area contributed by atoms with Crippen LogP contribution in [-0.2, 0) is 28.7 Å². The normalized spacial score (nSPS) is 22.9. The molecule has 428 valence electrons. The summed E-state index contributed by atoms with van der Waals surface area (Å²) in [6.07, 6.45) is 2.53. The van der Waals surface area contributed by atoms with E-state index in [1.54, 1.807) is 32.9 Å². The third-order valence-corrected chi connectivity index (χ3v) is 15.4. The van der Waals surface area contributed by atoms with Crippen LogP contribution in [0.5, 0.6) is 11.5 Å². The minimum Gasteiger partial charge on any atom is -0.496 e. The number of nitrogens with zero attached hydrogens (tertiary/aromatic N) is 4. The number of hydrogen-bond donors (Lipinski definition) is 11. The van der Waals surface area contributed by atoms with Crippen LogP contribution in [0, 0.1) is 29.1 Å². The smallest absolute Gasteiger partial charge is 0.317 e. The fourth-order valence-corrected chi connectivity index (χ4v) is 11.8. The van der Waals surface area contributed by atoms with E-state index in [0.29, 0.717) is 113 Å². The number of carbonyl (C=O) groups excluding carboxylic acids is 2. The molecule has 23 heteroatoms. The molecule has 77 heavy (non-hydrogen) atoms. The van der Waals surface area contributed by atoms with E-state index in [2.05, 4.69) is 35.1 Å². The predicted octanol–water partition coefficient (Wildman–Crippen LogP) is 1.18. The van der Waals surface area contributed by atoms with Crippen LogP contribution >= 0.6 is 0 Å². The number of amides is 2. The van der Waals surface area contributed by atoms with Gasteiger partial charge in [-0.05, 0) is 104 Å². The van der Waals surface area contributed by atoms with Gasteiger partial charge >= 0.3 is 11.9 Å². The van der Waals surface area contributed by atoms with Crippen molar-refractivity contribution in [3.8, 4) is 11.5 Å². The van der Waals surface area contributed by atoms with Gasteiger partial charge in [0.2, 0.25) is 5.91 Å². The lowest BCUT2D eigenvalue weighted by molar-refractivity contribution is -0.200. The topological polar surface area (TPSA) is 312 Å². The van der Waals surface area contributed by atoms with Crippen LogP contribution in [0.2, 0.25) is 0 Å². The number of carboxylic acid groups (broad SMARTS) is 2. The number of benzene rings is 2.